The van der Waals surface area contributed by atoms with Crippen LogP contribution in [0.2, 0.25) is 10.0 Å². The Kier molecular flexibility index (Phi) is 4.00. The zero-order valence-electron chi connectivity index (χ0n) is 11.6. The highest BCUT2D eigenvalue weighted by atomic mass is 35.5. The minimum absolute atomic E-state index is 0.641. The fourth-order valence-electron chi connectivity index (χ4n) is 2.25. The highest BCUT2D eigenvalue weighted by molar-refractivity contribution is 6.33. The first kappa shape index (κ1) is 14.2. The van der Waals surface area contributed by atoms with Crippen molar-refractivity contribution in [3.8, 4) is 11.4 Å². The predicted octanol–water partition coefficient (Wildman–Crippen LogP) is 5.21. The fourth-order valence-corrected chi connectivity index (χ4v) is 2.62. The van der Waals surface area contributed by atoms with Gasteiger partial charge in [0.25, 0.3) is 0 Å². The molecule has 3 aromatic rings. The van der Waals surface area contributed by atoms with Crippen LogP contribution in [-0.4, -0.2) is 9.55 Å². The van der Waals surface area contributed by atoms with E-state index in [0.717, 1.165) is 17.0 Å². The van der Waals surface area contributed by atoms with Crippen molar-refractivity contribution < 1.29 is 0 Å². The summed E-state index contributed by atoms with van der Waals surface area (Å²) in [6.07, 6.45) is 3.75. The predicted molar refractivity (Wildman–Crippen MR) is 88.0 cm³/mol. The van der Waals surface area contributed by atoms with Crippen molar-refractivity contribution in [2.45, 2.75) is 13.5 Å². The average Bonchev–Trinajstić information content (AvgIpc) is 2.92. The smallest absolute Gasteiger partial charge is 0.140 e. The van der Waals surface area contributed by atoms with Gasteiger partial charge in [0.15, 0.2) is 0 Å². The molecule has 0 fully saturated rings. The SMILES string of the molecule is Cc1ccc(-c2nccn2Cc2cc(Cl)ccc2Cl)cc1. The minimum atomic E-state index is 0.641. The second-order valence-electron chi connectivity index (χ2n) is 4.98. The first-order valence-electron chi connectivity index (χ1n) is 6.65. The zero-order chi connectivity index (χ0) is 14.8. The third kappa shape index (κ3) is 3.12. The van der Waals surface area contributed by atoms with Gasteiger partial charge in [-0.25, -0.2) is 4.98 Å². The topological polar surface area (TPSA) is 17.8 Å². The Balaban J connectivity index is 1.96. The number of nitrogens with zero attached hydrogens (tertiary/aromatic N) is 2. The second-order valence-corrected chi connectivity index (χ2v) is 5.82. The molecular formula is C17H14Cl2N2. The summed E-state index contributed by atoms with van der Waals surface area (Å²) < 4.78 is 2.07. The van der Waals surface area contributed by atoms with Crippen LogP contribution in [0.4, 0.5) is 0 Å². The third-order valence-corrected chi connectivity index (χ3v) is 3.98. The van der Waals surface area contributed by atoms with Gasteiger partial charge >= 0.3 is 0 Å². The monoisotopic (exact) mass is 316 g/mol. The van der Waals surface area contributed by atoms with E-state index in [2.05, 4.69) is 40.7 Å². The number of rotatable bonds is 3. The molecular weight excluding hydrogens is 303 g/mol. The lowest BCUT2D eigenvalue weighted by Gasteiger charge is -2.10. The maximum absolute atomic E-state index is 6.24. The number of hydrogen-bond acceptors (Lipinski definition) is 1. The summed E-state index contributed by atoms with van der Waals surface area (Å²) in [6, 6.07) is 13.8. The molecule has 0 aliphatic heterocycles. The molecule has 0 atom stereocenters. The van der Waals surface area contributed by atoms with E-state index in [1.54, 1.807) is 12.3 Å². The van der Waals surface area contributed by atoms with Gasteiger partial charge in [0.05, 0.1) is 6.54 Å². The lowest BCUT2D eigenvalue weighted by atomic mass is 10.1. The molecule has 0 saturated heterocycles. The molecule has 21 heavy (non-hydrogen) atoms. The molecule has 1 heterocycles. The van der Waals surface area contributed by atoms with Crippen molar-refractivity contribution in [3.05, 3.63) is 76.0 Å². The summed E-state index contributed by atoms with van der Waals surface area (Å²) in [5.74, 6) is 0.922. The Morgan fingerprint density at radius 1 is 1.05 bits per heavy atom. The van der Waals surface area contributed by atoms with Gasteiger partial charge in [-0.15, -0.1) is 0 Å². The Morgan fingerprint density at radius 2 is 1.81 bits per heavy atom. The summed E-state index contributed by atoms with van der Waals surface area (Å²) in [7, 11) is 0. The van der Waals surface area contributed by atoms with E-state index >= 15 is 0 Å². The Morgan fingerprint density at radius 3 is 2.57 bits per heavy atom. The molecule has 0 spiro atoms. The van der Waals surface area contributed by atoms with Crippen LogP contribution in [0.1, 0.15) is 11.1 Å². The summed E-state index contributed by atoms with van der Waals surface area (Å²) >= 11 is 12.3. The molecule has 0 aliphatic carbocycles. The van der Waals surface area contributed by atoms with Gasteiger partial charge in [0.1, 0.15) is 5.82 Å². The van der Waals surface area contributed by atoms with E-state index in [1.807, 2.05) is 18.3 Å². The van der Waals surface area contributed by atoms with Gasteiger partial charge in [-0.3, -0.25) is 0 Å². The Labute approximate surface area is 134 Å². The average molecular weight is 317 g/mol. The second kappa shape index (κ2) is 5.92. The van der Waals surface area contributed by atoms with E-state index in [9.17, 15) is 0 Å². The van der Waals surface area contributed by atoms with Crippen molar-refractivity contribution in [2.75, 3.05) is 0 Å². The van der Waals surface area contributed by atoms with Gasteiger partial charge in [-0.1, -0.05) is 53.0 Å². The van der Waals surface area contributed by atoms with E-state index in [4.69, 9.17) is 23.2 Å². The summed E-state index contributed by atoms with van der Waals surface area (Å²) in [4.78, 5) is 4.45. The Hall–Kier alpha value is -1.77. The highest BCUT2D eigenvalue weighted by Gasteiger charge is 2.08. The molecule has 2 aromatic carbocycles. The minimum Gasteiger partial charge on any atom is -0.327 e. The molecule has 106 valence electrons. The molecule has 2 nitrogen and oxygen atoms in total. The summed E-state index contributed by atoms with van der Waals surface area (Å²) in [5, 5.41) is 1.40. The molecule has 0 radical (unpaired) electrons. The fraction of sp³-hybridized carbons (Fsp3) is 0.118. The number of halogens is 2. The Bertz CT molecular complexity index is 761. The number of hydrogen-bond donors (Lipinski definition) is 0. The van der Waals surface area contributed by atoms with Crippen molar-refractivity contribution in [1.29, 1.82) is 0 Å². The van der Waals surface area contributed by atoms with Crippen LogP contribution in [0.5, 0.6) is 0 Å². The van der Waals surface area contributed by atoms with Gasteiger partial charge in [-0.2, -0.15) is 0 Å². The molecule has 1 aromatic heterocycles. The lowest BCUT2D eigenvalue weighted by molar-refractivity contribution is 0.807. The maximum Gasteiger partial charge on any atom is 0.140 e. The normalized spacial score (nSPS) is 10.8. The van der Waals surface area contributed by atoms with Crippen molar-refractivity contribution in [1.82, 2.24) is 9.55 Å². The van der Waals surface area contributed by atoms with E-state index < -0.39 is 0 Å². The van der Waals surface area contributed by atoms with Gasteiger partial charge in [0, 0.05) is 28.0 Å². The van der Waals surface area contributed by atoms with Crippen LogP contribution in [-0.2, 0) is 6.54 Å². The standard InChI is InChI=1S/C17H14Cl2N2/c1-12-2-4-13(5-3-12)17-20-8-9-21(17)11-14-10-15(18)6-7-16(14)19/h2-10H,11H2,1H3. The lowest BCUT2D eigenvalue weighted by Crippen LogP contribution is -2.01. The highest BCUT2D eigenvalue weighted by Crippen LogP contribution is 2.24. The molecule has 3 rings (SSSR count). The van der Waals surface area contributed by atoms with Crippen LogP contribution in [0.15, 0.2) is 54.9 Å². The van der Waals surface area contributed by atoms with Crippen LogP contribution in [0.3, 0.4) is 0 Å². The molecule has 0 aliphatic rings. The van der Waals surface area contributed by atoms with E-state index in [1.165, 1.54) is 5.56 Å². The van der Waals surface area contributed by atoms with Gasteiger partial charge < -0.3 is 4.57 Å². The van der Waals surface area contributed by atoms with Crippen LogP contribution in [0.25, 0.3) is 11.4 Å². The van der Waals surface area contributed by atoms with E-state index in [-0.39, 0.29) is 0 Å². The number of aryl methyl sites for hydroxylation is 1. The number of benzene rings is 2. The van der Waals surface area contributed by atoms with Crippen LogP contribution >= 0.6 is 23.2 Å². The van der Waals surface area contributed by atoms with Gasteiger partial charge in [0.2, 0.25) is 0 Å². The molecule has 0 unspecified atom stereocenters. The van der Waals surface area contributed by atoms with Crippen molar-refractivity contribution >= 4 is 23.2 Å². The first-order valence-corrected chi connectivity index (χ1v) is 7.41. The van der Waals surface area contributed by atoms with Crippen LogP contribution in [0, 0.1) is 6.92 Å². The number of aromatic nitrogens is 2. The number of imidazole rings is 1. The van der Waals surface area contributed by atoms with Gasteiger partial charge in [-0.05, 0) is 30.7 Å². The molecule has 0 amide bonds. The quantitative estimate of drug-likeness (QED) is 0.648. The summed E-state index contributed by atoms with van der Waals surface area (Å²) in [5.41, 5.74) is 3.30. The van der Waals surface area contributed by atoms with E-state index in [0.29, 0.717) is 16.6 Å². The first-order chi connectivity index (χ1) is 10.1. The third-order valence-electron chi connectivity index (χ3n) is 3.37. The largest absolute Gasteiger partial charge is 0.327 e. The summed E-state index contributed by atoms with van der Waals surface area (Å²) in [6.45, 7) is 2.71. The van der Waals surface area contributed by atoms with Crippen molar-refractivity contribution in [3.63, 3.8) is 0 Å². The van der Waals surface area contributed by atoms with Crippen LogP contribution < -0.4 is 0 Å². The van der Waals surface area contributed by atoms with Crippen molar-refractivity contribution in [2.24, 2.45) is 0 Å². The molecule has 0 N–H and O–H groups in total. The molecule has 0 bridgehead atoms. The molecule has 0 saturated carbocycles. The zero-order valence-corrected chi connectivity index (χ0v) is 13.1. The molecule has 4 heteroatoms. The maximum atomic E-state index is 6.24.